The van der Waals surface area contributed by atoms with Crippen LogP contribution in [-0.4, -0.2) is 18.6 Å². The predicted octanol–water partition coefficient (Wildman–Crippen LogP) is 7.20. The molecule has 2 aliphatic rings. The van der Waals surface area contributed by atoms with Crippen LogP contribution < -0.4 is 0 Å². The summed E-state index contributed by atoms with van der Waals surface area (Å²) in [7, 11) is -3.91. The van der Waals surface area contributed by atoms with Gasteiger partial charge in [0.1, 0.15) is 0 Å². The molecule has 5 heteroatoms. The minimum Gasteiger partial charge on any atom is -0.384 e. The van der Waals surface area contributed by atoms with E-state index in [2.05, 4.69) is 41.5 Å². The van der Waals surface area contributed by atoms with Crippen molar-refractivity contribution in [3.63, 3.8) is 0 Å². The zero-order valence-electron chi connectivity index (χ0n) is 24.0. The number of sulfone groups is 1. The zero-order valence-corrected chi connectivity index (χ0v) is 24.8. The van der Waals surface area contributed by atoms with Crippen LogP contribution in [0.4, 0.5) is 0 Å². The summed E-state index contributed by atoms with van der Waals surface area (Å²) in [4.78, 5) is 0.463. The van der Waals surface area contributed by atoms with Gasteiger partial charge in [-0.2, -0.15) is 0 Å². The maximum atomic E-state index is 14.3. The Hall–Kier alpha value is -1.69. The molecule has 0 saturated heterocycles. The molecule has 2 aliphatic carbocycles. The summed E-state index contributed by atoms with van der Waals surface area (Å²) in [5.41, 5.74) is -0.341. The molecule has 0 radical (unpaired) electrons. The SMILES string of the molecule is Cc1c(C2(O)C(C)CCCC2(C)C)cccc1S(=O)(=O)c1cccc(C2(O)C(C)CCCC2(C)C)c1C. The summed E-state index contributed by atoms with van der Waals surface area (Å²) in [5, 5.41) is 24.3. The van der Waals surface area contributed by atoms with Gasteiger partial charge in [-0.05, 0) is 96.6 Å². The van der Waals surface area contributed by atoms with Gasteiger partial charge in [0.05, 0.1) is 21.0 Å². The predicted molar refractivity (Wildman–Crippen MR) is 149 cm³/mol. The molecule has 4 rings (SSSR count). The van der Waals surface area contributed by atoms with Crippen molar-refractivity contribution >= 4 is 9.84 Å². The first kappa shape index (κ1) is 28.3. The van der Waals surface area contributed by atoms with Crippen LogP contribution in [0, 0.1) is 36.5 Å². The van der Waals surface area contributed by atoms with Gasteiger partial charge >= 0.3 is 0 Å². The van der Waals surface area contributed by atoms with Crippen molar-refractivity contribution in [1.82, 2.24) is 0 Å². The van der Waals surface area contributed by atoms with E-state index in [1.165, 1.54) is 0 Å². The molecule has 2 fully saturated rings. The summed E-state index contributed by atoms with van der Waals surface area (Å²) in [6, 6.07) is 10.7. The lowest BCUT2D eigenvalue weighted by molar-refractivity contribution is -0.141. The highest BCUT2D eigenvalue weighted by molar-refractivity contribution is 7.91. The van der Waals surface area contributed by atoms with E-state index in [1.54, 1.807) is 24.3 Å². The fourth-order valence-electron chi connectivity index (χ4n) is 7.85. The van der Waals surface area contributed by atoms with Gasteiger partial charge in [0.15, 0.2) is 0 Å². The van der Waals surface area contributed by atoms with E-state index in [0.717, 1.165) is 38.5 Å². The number of rotatable bonds is 4. The number of benzene rings is 2. The Balaban J connectivity index is 1.89. The molecule has 4 atom stereocenters. The van der Waals surface area contributed by atoms with E-state index in [0.29, 0.717) is 22.3 Å². The van der Waals surface area contributed by atoms with Crippen molar-refractivity contribution in [2.45, 2.75) is 115 Å². The molecule has 2 saturated carbocycles. The van der Waals surface area contributed by atoms with Gasteiger partial charge in [0.2, 0.25) is 9.84 Å². The fraction of sp³-hybridized carbons (Fsp3) is 0.625. The van der Waals surface area contributed by atoms with Gasteiger partial charge in [-0.15, -0.1) is 0 Å². The van der Waals surface area contributed by atoms with Crippen LogP contribution in [0.5, 0.6) is 0 Å². The molecular weight excluding hydrogens is 480 g/mol. The Labute approximate surface area is 224 Å². The molecule has 2 aromatic rings. The molecule has 4 unspecified atom stereocenters. The van der Waals surface area contributed by atoms with Crippen molar-refractivity contribution in [3.8, 4) is 0 Å². The van der Waals surface area contributed by atoms with Crippen LogP contribution in [0.3, 0.4) is 0 Å². The van der Waals surface area contributed by atoms with Crippen LogP contribution in [0.25, 0.3) is 0 Å². The summed E-state index contributed by atoms with van der Waals surface area (Å²) >= 11 is 0. The van der Waals surface area contributed by atoms with E-state index in [1.807, 2.05) is 26.0 Å². The van der Waals surface area contributed by atoms with Crippen molar-refractivity contribution in [2.75, 3.05) is 0 Å². The van der Waals surface area contributed by atoms with Crippen LogP contribution >= 0.6 is 0 Å². The fourth-order valence-corrected chi connectivity index (χ4v) is 9.63. The minimum atomic E-state index is -3.91. The number of aliphatic hydroxyl groups is 2. The molecule has 204 valence electrons. The van der Waals surface area contributed by atoms with E-state index < -0.39 is 21.0 Å². The highest BCUT2D eigenvalue weighted by atomic mass is 32.2. The smallest absolute Gasteiger partial charge is 0.207 e. The third kappa shape index (κ3) is 4.03. The third-order valence-electron chi connectivity index (χ3n) is 10.3. The second-order valence-electron chi connectivity index (χ2n) is 13.2. The molecule has 0 aliphatic heterocycles. The Morgan fingerprint density at radius 1 is 0.703 bits per heavy atom. The number of hydrogen-bond donors (Lipinski definition) is 2. The van der Waals surface area contributed by atoms with Gasteiger partial charge in [0, 0.05) is 0 Å². The van der Waals surface area contributed by atoms with Gasteiger partial charge in [0.25, 0.3) is 0 Å². The normalized spacial score (nSPS) is 31.7. The Morgan fingerprint density at radius 3 is 1.38 bits per heavy atom. The monoisotopic (exact) mass is 526 g/mol. The Morgan fingerprint density at radius 2 is 1.05 bits per heavy atom. The van der Waals surface area contributed by atoms with Crippen molar-refractivity contribution in [2.24, 2.45) is 22.7 Å². The molecule has 0 bridgehead atoms. The van der Waals surface area contributed by atoms with E-state index >= 15 is 0 Å². The first-order valence-electron chi connectivity index (χ1n) is 13.9. The lowest BCUT2D eigenvalue weighted by atomic mass is 9.57. The van der Waals surface area contributed by atoms with Crippen LogP contribution in [-0.2, 0) is 21.0 Å². The van der Waals surface area contributed by atoms with Gasteiger partial charge in [-0.25, -0.2) is 8.42 Å². The molecular formula is C32H46O4S. The van der Waals surface area contributed by atoms with Crippen molar-refractivity contribution in [1.29, 1.82) is 0 Å². The Bertz CT molecular complexity index is 1200. The highest BCUT2D eigenvalue weighted by Crippen LogP contribution is 2.56. The van der Waals surface area contributed by atoms with E-state index in [9.17, 15) is 18.6 Å². The molecule has 0 aromatic heterocycles. The zero-order chi connectivity index (χ0) is 27.6. The lowest BCUT2D eigenvalue weighted by Crippen LogP contribution is -2.50. The maximum absolute atomic E-state index is 14.3. The number of hydrogen-bond acceptors (Lipinski definition) is 4. The molecule has 37 heavy (non-hydrogen) atoms. The Kier molecular flexibility index (Phi) is 7.05. The van der Waals surface area contributed by atoms with Crippen molar-refractivity contribution in [3.05, 3.63) is 58.7 Å². The first-order valence-corrected chi connectivity index (χ1v) is 15.4. The average Bonchev–Trinajstić information content (AvgIpc) is 2.80. The summed E-state index contributed by atoms with van der Waals surface area (Å²) in [5.74, 6) is 0.0319. The highest BCUT2D eigenvalue weighted by Gasteiger charge is 2.53. The van der Waals surface area contributed by atoms with E-state index in [-0.39, 0.29) is 32.5 Å². The largest absolute Gasteiger partial charge is 0.384 e. The van der Waals surface area contributed by atoms with E-state index in [4.69, 9.17) is 0 Å². The molecule has 4 nitrogen and oxygen atoms in total. The molecule has 0 heterocycles. The third-order valence-corrected chi connectivity index (χ3v) is 12.4. The quantitative estimate of drug-likeness (QED) is 0.442. The summed E-state index contributed by atoms with van der Waals surface area (Å²) in [6.07, 6.45) is 5.69. The topological polar surface area (TPSA) is 74.6 Å². The second kappa shape index (κ2) is 9.20. The molecule has 2 aromatic carbocycles. The maximum Gasteiger partial charge on any atom is 0.207 e. The van der Waals surface area contributed by atoms with Gasteiger partial charge in [-0.1, -0.05) is 78.6 Å². The standard InChI is InChI=1S/C32H46O4S/c1-21-13-11-19-29(5,6)31(21,33)25-15-9-17-27(23(25)3)37(35,36)28-18-10-16-26(24(28)4)32(34)22(2)14-12-20-30(32,7)8/h9-10,15-18,21-22,33-34H,11-14,19-20H2,1-8H3. The first-order chi connectivity index (χ1) is 17.0. The summed E-state index contributed by atoms with van der Waals surface area (Å²) in [6.45, 7) is 16.2. The van der Waals surface area contributed by atoms with Crippen LogP contribution in [0.15, 0.2) is 46.2 Å². The second-order valence-corrected chi connectivity index (χ2v) is 15.1. The van der Waals surface area contributed by atoms with Gasteiger partial charge in [-0.3, -0.25) is 0 Å². The molecule has 0 amide bonds. The van der Waals surface area contributed by atoms with Crippen LogP contribution in [0.2, 0.25) is 0 Å². The van der Waals surface area contributed by atoms with Crippen molar-refractivity contribution < 1.29 is 18.6 Å². The minimum absolute atomic E-state index is 0.0160. The van der Waals surface area contributed by atoms with Crippen LogP contribution in [0.1, 0.15) is 102 Å². The van der Waals surface area contributed by atoms with Gasteiger partial charge < -0.3 is 10.2 Å². The lowest BCUT2D eigenvalue weighted by Gasteiger charge is -2.51. The average molecular weight is 527 g/mol. The molecule has 0 spiro atoms. The molecule has 2 N–H and O–H groups in total. The summed E-state index contributed by atoms with van der Waals surface area (Å²) < 4.78 is 28.6.